The van der Waals surface area contributed by atoms with E-state index in [9.17, 15) is 4.79 Å². The molecule has 4 rings (SSSR count). The van der Waals surface area contributed by atoms with Crippen LogP contribution in [0.4, 0.5) is 5.69 Å². The zero-order chi connectivity index (χ0) is 23.0. The van der Waals surface area contributed by atoms with Crippen molar-refractivity contribution in [2.45, 2.75) is 19.3 Å². The fourth-order valence-electron chi connectivity index (χ4n) is 3.84. The Bertz CT molecular complexity index is 1130. The maximum absolute atomic E-state index is 13.7. The summed E-state index contributed by atoms with van der Waals surface area (Å²) in [5, 5.41) is 0.690. The monoisotopic (exact) mass is 460 g/mol. The lowest BCUT2D eigenvalue weighted by molar-refractivity contribution is 0.0848. The van der Waals surface area contributed by atoms with Crippen molar-refractivity contribution in [3.63, 3.8) is 0 Å². The number of aliphatic imine (C=N–C) groups is 1. The minimum atomic E-state index is -0.00789. The maximum atomic E-state index is 13.7. The molecule has 0 radical (unpaired) electrons. The number of carbonyl (C=O) groups is 1. The van der Waals surface area contributed by atoms with E-state index in [1.54, 1.807) is 30.9 Å². The summed E-state index contributed by atoms with van der Waals surface area (Å²) >= 11 is 1.60. The van der Waals surface area contributed by atoms with Crippen molar-refractivity contribution in [3.8, 4) is 11.5 Å². The van der Waals surface area contributed by atoms with Gasteiger partial charge in [0.2, 0.25) is 0 Å². The van der Waals surface area contributed by atoms with Crippen LogP contribution in [0.15, 0.2) is 77.8 Å². The number of hydrogen-bond donors (Lipinski definition) is 0. The Balaban J connectivity index is 1.62. The molecule has 5 nitrogen and oxygen atoms in total. The van der Waals surface area contributed by atoms with Gasteiger partial charge in [0, 0.05) is 23.9 Å². The van der Waals surface area contributed by atoms with Crippen LogP contribution in [-0.2, 0) is 12.8 Å². The molecule has 0 aromatic heterocycles. The minimum absolute atomic E-state index is 0.00789. The van der Waals surface area contributed by atoms with Crippen LogP contribution in [0.1, 0.15) is 27.9 Å². The minimum Gasteiger partial charge on any atom is -0.497 e. The maximum Gasteiger partial charge on any atom is 0.260 e. The second-order valence-electron chi connectivity index (χ2n) is 7.73. The SMILES string of the molecule is COc1ccc(OC)c(N=C2SCCCN2C(=O)c2ccccc2CCc2ccccc2)c1. The fourth-order valence-corrected chi connectivity index (χ4v) is 4.79. The van der Waals surface area contributed by atoms with Gasteiger partial charge in [0.05, 0.1) is 14.2 Å². The number of amidine groups is 1. The molecule has 0 N–H and O–H groups in total. The van der Waals surface area contributed by atoms with Gasteiger partial charge in [-0.3, -0.25) is 9.69 Å². The summed E-state index contributed by atoms with van der Waals surface area (Å²) in [5.41, 5.74) is 3.71. The summed E-state index contributed by atoms with van der Waals surface area (Å²) in [4.78, 5) is 20.3. The molecule has 1 saturated heterocycles. The molecule has 0 aliphatic carbocycles. The highest BCUT2D eigenvalue weighted by molar-refractivity contribution is 8.13. The zero-order valence-electron chi connectivity index (χ0n) is 19.0. The average molecular weight is 461 g/mol. The number of thioether (sulfide) groups is 1. The van der Waals surface area contributed by atoms with Gasteiger partial charge in [-0.1, -0.05) is 60.3 Å². The number of carbonyl (C=O) groups excluding carboxylic acids is 1. The molecule has 0 bridgehead atoms. The Labute approximate surface area is 199 Å². The van der Waals surface area contributed by atoms with E-state index < -0.39 is 0 Å². The number of ether oxygens (including phenoxy) is 2. The van der Waals surface area contributed by atoms with Gasteiger partial charge in [0.15, 0.2) is 5.17 Å². The third kappa shape index (κ3) is 5.57. The number of aryl methyl sites for hydroxylation is 2. The number of hydrogen-bond acceptors (Lipinski definition) is 5. The summed E-state index contributed by atoms with van der Waals surface area (Å²) in [6, 6.07) is 23.8. The summed E-state index contributed by atoms with van der Waals surface area (Å²) < 4.78 is 10.8. The standard InChI is InChI=1S/C27H28N2O3S/c1-31-22-15-16-25(32-2)24(19-22)28-27-29(17-8-18-33-27)26(30)23-12-7-6-11-21(23)14-13-20-9-4-3-5-10-20/h3-7,9-12,15-16,19H,8,13-14,17-18H2,1-2H3. The van der Waals surface area contributed by atoms with E-state index >= 15 is 0 Å². The largest absolute Gasteiger partial charge is 0.497 e. The normalized spacial score (nSPS) is 14.8. The molecule has 0 spiro atoms. The Kier molecular flexibility index (Phi) is 7.68. The molecule has 3 aromatic rings. The topological polar surface area (TPSA) is 51.1 Å². The van der Waals surface area contributed by atoms with Gasteiger partial charge >= 0.3 is 0 Å². The molecule has 6 heteroatoms. The van der Waals surface area contributed by atoms with Crippen LogP contribution in [0, 0.1) is 0 Å². The van der Waals surface area contributed by atoms with Gasteiger partial charge in [0.1, 0.15) is 17.2 Å². The Morgan fingerprint density at radius 1 is 0.970 bits per heavy atom. The molecular weight excluding hydrogens is 432 g/mol. The smallest absolute Gasteiger partial charge is 0.260 e. The van der Waals surface area contributed by atoms with E-state index in [-0.39, 0.29) is 5.91 Å². The summed E-state index contributed by atoms with van der Waals surface area (Å²) in [6.45, 7) is 0.643. The van der Waals surface area contributed by atoms with Gasteiger partial charge in [-0.05, 0) is 48.6 Å². The third-order valence-corrected chi connectivity index (χ3v) is 6.67. The van der Waals surface area contributed by atoms with Crippen molar-refractivity contribution in [1.82, 2.24) is 4.90 Å². The predicted octanol–water partition coefficient (Wildman–Crippen LogP) is 5.76. The Hall–Kier alpha value is -3.25. The highest BCUT2D eigenvalue weighted by Crippen LogP contribution is 2.34. The number of nitrogens with zero attached hydrogens (tertiary/aromatic N) is 2. The Morgan fingerprint density at radius 3 is 2.55 bits per heavy atom. The van der Waals surface area contributed by atoms with Crippen molar-refractivity contribution in [2.24, 2.45) is 4.99 Å². The Morgan fingerprint density at radius 2 is 1.76 bits per heavy atom. The molecule has 1 fully saturated rings. The number of rotatable bonds is 7. The molecule has 1 aliphatic heterocycles. The van der Waals surface area contributed by atoms with Crippen LogP contribution in [0.3, 0.4) is 0 Å². The lowest BCUT2D eigenvalue weighted by atomic mass is 9.99. The van der Waals surface area contributed by atoms with E-state index in [2.05, 4.69) is 18.2 Å². The van der Waals surface area contributed by atoms with Gasteiger partial charge in [0.25, 0.3) is 5.91 Å². The molecule has 0 atom stereocenters. The van der Waals surface area contributed by atoms with Crippen LogP contribution in [-0.4, -0.2) is 42.5 Å². The van der Waals surface area contributed by atoms with Crippen molar-refractivity contribution < 1.29 is 14.3 Å². The van der Waals surface area contributed by atoms with Crippen molar-refractivity contribution in [3.05, 3.63) is 89.5 Å². The highest BCUT2D eigenvalue weighted by Gasteiger charge is 2.26. The fraction of sp³-hybridized carbons (Fsp3) is 0.259. The lowest BCUT2D eigenvalue weighted by Crippen LogP contribution is -2.39. The second-order valence-corrected chi connectivity index (χ2v) is 8.80. The number of amides is 1. The molecular formula is C27H28N2O3S. The number of methoxy groups -OCH3 is 2. The van der Waals surface area contributed by atoms with Crippen molar-refractivity contribution in [1.29, 1.82) is 0 Å². The molecule has 0 unspecified atom stereocenters. The van der Waals surface area contributed by atoms with Crippen molar-refractivity contribution >= 4 is 28.5 Å². The molecule has 0 saturated carbocycles. The molecule has 1 aliphatic rings. The molecule has 170 valence electrons. The van der Waals surface area contributed by atoms with Crippen LogP contribution in [0.5, 0.6) is 11.5 Å². The second kappa shape index (κ2) is 11.1. The third-order valence-electron chi connectivity index (χ3n) is 5.61. The van der Waals surface area contributed by atoms with E-state index in [1.165, 1.54) is 5.56 Å². The molecule has 1 heterocycles. The van der Waals surface area contributed by atoms with Gasteiger partial charge in [-0.25, -0.2) is 4.99 Å². The zero-order valence-corrected chi connectivity index (χ0v) is 19.8. The molecule has 1 amide bonds. The quantitative estimate of drug-likeness (QED) is 0.450. The molecule has 3 aromatic carbocycles. The van der Waals surface area contributed by atoms with E-state index in [0.29, 0.717) is 28.9 Å². The highest BCUT2D eigenvalue weighted by atomic mass is 32.2. The average Bonchev–Trinajstić information content (AvgIpc) is 2.88. The van der Waals surface area contributed by atoms with E-state index in [0.717, 1.165) is 36.1 Å². The van der Waals surface area contributed by atoms with Crippen LogP contribution in [0.25, 0.3) is 0 Å². The van der Waals surface area contributed by atoms with E-state index in [4.69, 9.17) is 14.5 Å². The predicted molar refractivity (Wildman–Crippen MR) is 135 cm³/mol. The van der Waals surface area contributed by atoms with Gasteiger partial charge < -0.3 is 9.47 Å². The van der Waals surface area contributed by atoms with Gasteiger partial charge in [-0.2, -0.15) is 0 Å². The van der Waals surface area contributed by atoms with Crippen LogP contribution >= 0.6 is 11.8 Å². The van der Waals surface area contributed by atoms with Crippen LogP contribution < -0.4 is 9.47 Å². The first-order valence-electron chi connectivity index (χ1n) is 11.1. The number of benzene rings is 3. The van der Waals surface area contributed by atoms with E-state index in [1.807, 2.05) is 54.6 Å². The summed E-state index contributed by atoms with van der Waals surface area (Å²) in [7, 11) is 3.24. The first kappa shape index (κ1) is 22.9. The van der Waals surface area contributed by atoms with Gasteiger partial charge in [-0.15, -0.1) is 0 Å². The lowest BCUT2D eigenvalue weighted by Gasteiger charge is -2.28. The first-order valence-corrected chi connectivity index (χ1v) is 12.1. The van der Waals surface area contributed by atoms with Crippen molar-refractivity contribution in [2.75, 3.05) is 26.5 Å². The summed E-state index contributed by atoms with van der Waals surface area (Å²) in [6.07, 6.45) is 2.63. The summed E-state index contributed by atoms with van der Waals surface area (Å²) in [5.74, 6) is 2.25. The first-order chi connectivity index (χ1) is 16.2. The van der Waals surface area contributed by atoms with Crippen LogP contribution in [0.2, 0.25) is 0 Å². The molecule has 33 heavy (non-hydrogen) atoms.